The SMILES string of the molecule is CN(C(=O)c1n[nH]c2c1CNCC2)C(C1CC1)C1CC1.Cl. The second-order valence-electron chi connectivity index (χ2n) is 6.54. The average Bonchev–Trinajstić information content (AvgIpc) is 3.38. The first kappa shape index (κ1) is 14.9. The van der Waals surface area contributed by atoms with Gasteiger partial charge in [-0.15, -0.1) is 12.4 Å². The second kappa shape index (κ2) is 5.61. The van der Waals surface area contributed by atoms with Gasteiger partial charge in [0.1, 0.15) is 0 Å². The molecule has 0 aromatic carbocycles. The predicted molar refractivity (Wildman–Crippen MR) is 82.6 cm³/mol. The van der Waals surface area contributed by atoms with Crippen molar-refractivity contribution < 1.29 is 4.79 Å². The number of rotatable bonds is 4. The van der Waals surface area contributed by atoms with Gasteiger partial charge in [0.25, 0.3) is 5.91 Å². The zero-order valence-corrected chi connectivity index (χ0v) is 13.2. The summed E-state index contributed by atoms with van der Waals surface area (Å²) >= 11 is 0. The van der Waals surface area contributed by atoms with E-state index in [0.29, 0.717) is 11.7 Å². The molecule has 0 bridgehead atoms. The number of aromatic nitrogens is 2. The highest BCUT2D eigenvalue weighted by Crippen LogP contribution is 2.47. The molecule has 2 saturated carbocycles. The van der Waals surface area contributed by atoms with Gasteiger partial charge in [0.2, 0.25) is 0 Å². The maximum atomic E-state index is 12.8. The normalized spacial score (nSPS) is 20.9. The van der Waals surface area contributed by atoms with Crippen molar-refractivity contribution in [3.05, 3.63) is 17.0 Å². The molecule has 0 unspecified atom stereocenters. The van der Waals surface area contributed by atoms with Crippen LogP contribution in [-0.4, -0.2) is 40.6 Å². The maximum absolute atomic E-state index is 12.8. The van der Waals surface area contributed by atoms with Crippen molar-refractivity contribution in [2.24, 2.45) is 11.8 Å². The number of halogens is 1. The van der Waals surface area contributed by atoms with Crippen LogP contribution in [0.2, 0.25) is 0 Å². The van der Waals surface area contributed by atoms with E-state index in [-0.39, 0.29) is 18.3 Å². The van der Waals surface area contributed by atoms with Crippen LogP contribution in [0, 0.1) is 11.8 Å². The third-order valence-corrected chi connectivity index (χ3v) is 4.99. The molecule has 21 heavy (non-hydrogen) atoms. The number of nitrogens with zero attached hydrogens (tertiary/aromatic N) is 2. The molecule has 2 heterocycles. The van der Waals surface area contributed by atoms with Gasteiger partial charge in [-0.05, 0) is 37.5 Å². The molecule has 0 atom stereocenters. The fourth-order valence-corrected chi connectivity index (χ4v) is 3.60. The van der Waals surface area contributed by atoms with Gasteiger partial charge in [-0.2, -0.15) is 5.10 Å². The van der Waals surface area contributed by atoms with Crippen LogP contribution in [0.15, 0.2) is 0 Å². The smallest absolute Gasteiger partial charge is 0.274 e. The first-order chi connectivity index (χ1) is 9.75. The fourth-order valence-electron chi connectivity index (χ4n) is 3.60. The molecule has 3 aliphatic rings. The minimum absolute atomic E-state index is 0. The number of carbonyl (C=O) groups excluding carboxylic acids is 1. The van der Waals surface area contributed by atoms with Gasteiger partial charge in [0, 0.05) is 43.9 Å². The van der Waals surface area contributed by atoms with E-state index in [1.54, 1.807) is 0 Å². The molecule has 0 saturated heterocycles. The quantitative estimate of drug-likeness (QED) is 0.890. The summed E-state index contributed by atoms with van der Waals surface area (Å²) in [5, 5.41) is 10.7. The lowest BCUT2D eigenvalue weighted by Gasteiger charge is -2.28. The zero-order chi connectivity index (χ0) is 13.7. The molecule has 116 valence electrons. The number of H-pyrrole nitrogens is 1. The summed E-state index contributed by atoms with van der Waals surface area (Å²) in [6.07, 6.45) is 6.10. The van der Waals surface area contributed by atoms with Gasteiger partial charge in [0.05, 0.1) is 0 Å². The van der Waals surface area contributed by atoms with Crippen LogP contribution in [0.3, 0.4) is 0 Å². The van der Waals surface area contributed by atoms with E-state index in [4.69, 9.17) is 0 Å². The Bertz CT molecular complexity index is 524. The standard InChI is InChI=1S/C15H22N4O.ClH/c1-19(14(9-2-3-9)10-4-5-10)15(20)13-11-8-16-7-6-12(11)17-18-13;/h9-10,14,16H,2-8H2,1H3,(H,17,18);1H. The van der Waals surface area contributed by atoms with E-state index in [0.717, 1.165) is 42.6 Å². The molecular weight excluding hydrogens is 288 g/mol. The highest BCUT2D eigenvalue weighted by atomic mass is 35.5. The predicted octanol–water partition coefficient (Wildman–Crippen LogP) is 1.74. The monoisotopic (exact) mass is 310 g/mol. The van der Waals surface area contributed by atoms with Crippen LogP contribution in [0.5, 0.6) is 0 Å². The molecule has 1 aromatic rings. The number of carbonyl (C=O) groups is 1. The molecule has 2 fully saturated rings. The van der Waals surface area contributed by atoms with Crippen molar-refractivity contribution in [2.45, 2.75) is 44.7 Å². The molecular formula is C15H23ClN4O. The Morgan fingerprint density at radius 1 is 1.29 bits per heavy atom. The summed E-state index contributed by atoms with van der Waals surface area (Å²) in [6.45, 7) is 1.73. The molecule has 5 nitrogen and oxygen atoms in total. The van der Waals surface area contributed by atoms with Gasteiger partial charge in [-0.3, -0.25) is 9.89 Å². The van der Waals surface area contributed by atoms with Gasteiger partial charge < -0.3 is 10.2 Å². The molecule has 2 aliphatic carbocycles. The number of fused-ring (bicyclic) bond motifs is 1. The average molecular weight is 311 g/mol. The minimum atomic E-state index is 0. The Hall–Kier alpha value is -1.07. The van der Waals surface area contributed by atoms with Crippen LogP contribution in [0.1, 0.15) is 47.4 Å². The summed E-state index contributed by atoms with van der Waals surface area (Å²) in [6, 6.07) is 0.450. The maximum Gasteiger partial charge on any atom is 0.274 e. The second-order valence-corrected chi connectivity index (χ2v) is 6.54. The Morgan fingerprint density at radius 3 is 2.57 bits per heavy atom. The highest BCUT2D eigenvalue weighted by molar-refractivity contribution is 5.94. The lowest BCUT2D eigenvalue weighted by Crippen LogP contribution is -2.41. The molecule has 6 heteroatoms. The van der Waals surface area contributed by atoms with Crippen LogP contribution in [-0.2, 0) is 13.0 Å². The van der Waals surface area contributed by atoms with Gasteiger partial charge in [-0.1, -0.05) is 0 Å². The van der Waals surface area contributed by atoms with E-state index in [1.807, 2.05) is 11.9 Å². The van der Waals surface area contributed by atoms with Crippen LogP contribution in [0.4, 0.5) is 0 Å². The first-order valence-electron chi connectivity index (χ1n) is 7.79. The van der Waals surface area contributed by atoms with Crippen molar-refractivity contribution in [2.75, 3.05) is 13.6 Å². The Balaban J connectivity index is 0.00000132. The highest BCUT2D eigenvalue weighted by Gasteiger charge is 2.45. The summed E-state index contributed by atoms with van der Waals surface area (Å²) in [7, 11) is 1.97. The first-order valence-corrected chi connectivity index (χ1v) is 7.79. The molecule has 1 aromatic heterocycles. The van der Waals surface area contributed by atoms with Gasteiger partial charge in [-0.25, -0.2) is 0 Å². The lowest BCUT2D eigenvalue weighted by atomic mass is 10.0. The summed E-state index contributed by atoms with van der Waals surface area (Å²) in [4.78, 5) is 14.8. The van der Waals surface area contributed by atoms with Crippen molar-refractivity contribution in [3.63, 3.8) is 0 Å². The number of aromatic amines is 1. The topological polar surface area (TPSA) is 61.0 Å². The summed E-state index contributed by atoms with van der Waals surface area (Å²) in [5.41, 5.74) is 2.86. The summed E-state index contributed by atoms with van der Waals surface area (Å²) < 4.78 is 0. The Morgan fingerprint density at radius 2 is 1.95 bits per heavy atom. The molecule has 0 radical (unpaired) electrons. The largest absolute Gasteiger partial charge is 0.337 e. The van der Waals surface area contributed by atoms with Crippen molar-refractivity contribution in [3.8, 4) is 0 Å². The molecule has 4 rings (SSSR count). The van der Waals surface area contributed by atoms with Gasteiger partial charge in [0.15, 0.2) is 5.69 Å². The third-order valence-electron chi connectivity index (χ3n) is 4.99. The third kappa shape index (κ3) is 2.69. The zero-order valence-electron chi connectivity index (χ0n) is 12.4. The van der Waals surface area contributed by atoms with E-state index in [1.165, 1.54) is 25.7 Å². The van der Waals surface area contributed by atoms with E-state index < -0.39 is 0 Å². The minimum Gasteiger partial charge on any atom is -0.337 e. The van der Waals surface area contributed by atoms with Crippen molar-refractivity contribution in [1.29, 1.82) is 0 Å². The number of hydrogen-bond acceptors (Lipinski definition) is 3. The summed E-state index contributed by atoms with van der Waals surface area (Å²) in [5.74, 6) is 1.59. The van der Waals surface area contributed by atoms with Crippen LogP contribution < -0.4 is 5.32 Å². The van der Waals surface area contributed by atoms with Crippen LogP contribution in [0.25, 0.3) is 0 Å². The van der Waals surface area contributed by atoms with Crippen molar-refractivity contribution in [1.82, 2.24) is 20.4 Å². The Kier molecular flexibility index (Phi) is 3.97. The Labute approximate surface area is 131 Å². The molecule has 2 N–H and O–H groups in total. The fraction of sp³-hybridized carbons (Fsp3) is 0.733. The molecule has 1 amide bonds. The number of nitrogens with one attached hydrogen (secondary N) is 2. The van der Waals surface area contributed by atoms with E-state index in [9.17, 15) is 4.79 Å². The number of hydrogen-bond donors (Lipinski definition) is 2. The van der Waals surface area contributed by atoms with Gasteiger partial charge >= 0.3 is 0 Å². The number of amides is 1. The molecule has 0 spiro atoms. The van der Waals surface area contributed by atoms with Crippen LogP contribution >= 0.6 is 12.4 Å². The lowest BCUT2D eigenvalue weighted by molar-refractivity contribution is 0.0682. The molecule has 1 aliphatic heterocycles. The van der Waals surface area contributed by atoms with Crippen molar-refractivity contribution >= 4 is 18.3 Å². The van der Waals surface area contributed by atoms with E-state index in [2.05, 4.69) is 15.5 Å². The van der Waals surface area contributed by atoms with E-state index >= 15 is 0 Å².